The molecular weight excluding hydrogens is 342 g/mol. The van der Waals surface area contributed by atoms with E-state index in [0.717, 1.165) is 16.6 Å². The summed E-state index contributed by atoms with van der Waals surface area (Å²) in [6, 6.07) is 16.8. The normalized spacial score (nSPS) is 12.1. The summed E-state index contributed by atoms with van der Waals surface area (Å²) in [5.74, 6) is 2.09. The molecule has 0 aliphatic carbocycles. The third-order valence-electron chi connectivity index (χ3n) is 4.25. The number of hydrogen-bond donors (Lipinski definition) is 3. The van der Waals surface area contributed by atoms with E-state index in [0.29, 0.717) is 22.9 Å². The second-order valence-corrected chi connectivity index (χ2v) is 6.15. The highest BCUT2D eigenvalue weighted by molar-refractivity contribution is 5.90. The average molecular weight is 361 g/mol. The van der Waals surface area contributed by atoms with Crippen LogP contribution in [0.3, 0.4) is 0 Å². The minimum Gasteiger partial charge on any atom is -0.496 e. The van der Waals surface area contributed by atoms with Gasteiger partial charge in [-0.05, 0) is 25.1 Å². The van der Waals surface area contributed by atoms with Crippen LogP contribution in [-0.2, 0) is 0 Å². The average Bonchev–Trinajstić information content (AvgIpc) is 3.12. The summed E-state index contributed by atoms with van der Waals surface area (Å²) >= 11 is 0. The Morgan fingerprint density at radius 2 is 1.85 bits per heavy atom. The molecule has 7 nitrogen and oxygen atoms in total. The number of rotatable bonds is 5. The van der Waals surface area contributed by atoms with E-state index in [2.05, 4.69) is 25.5 Å². The number of hydrogen-bond acceptors (Lipinski definition) is 6. The van der Waals surface area contributed by atoms with Crippen molar-refractivity contribution in [3.05, 3.63) is 71.7 Å². The summed E-state index contributed by atoms with van der Waals surface area (Å²) in [6.07, 6.45) is -1.02. The van der Waals surface area contributed by atoms with E-state index in [9.17, 15) is 5.11 Å². The molecule has 4 rings (SSSR count). The van der Waals surface area contributed by atoms with Crippen LogP contribution in [0.25, 0.3) is 10.9 Å². The van der Waals surface area contributed by atoms with Crippen LogP contribution in [0.2, 0.25) is 0 Å². The van der Waals surface area contributed by atoms with Crippen LogP contribution in [0.4, 0.5) is 11.6 Å². The molecule has 0 saturated carbocycles. The van der Waals surface area contributed by atoms with Gasteiger partial charge < -0.3 is 15.2 Å². The minimum atomic E-state index is -1.02. The number of nitrogens with zero attached hydrogens (tertiary/aromatic N) is 3. The summed E-state index contributed by atoms with van der Waals surface area (Å²) < 4.78 is 5.36. The van der Waals surface area contributed by atoms with E-state index in [-0.39, 0.29) is 5.82 Å². The van der Waals surface area contributed by atoms with Crippen LogP contribution in [-0.4, -0.2) is 32.4 Å². The predicted octanol–water partition coefficient (Wildman–Crippen LogP) is 3.50. The lowest BCUT2D eigenvalue weighted by atomic mass is 10.1. The van der Waals surface area contributed by atoms with Crippen LogP contribution < -0.4 is 10.1 Å². The highest BCUT2D eigenvalue weighted by atomic mass is 16.5. The quantitative estimate of drug-likeness (QED) is 0.503. The standard InChI is InChI=1S/C20H19N5O2/c1-12-11-17(25-24-12)22-19-13-7-3-5-9-15(13)21-20(23-19)18(26)14-8-4-6-10-16(14)27-2/h3-11,18,26H,1-2H3,(H2,21,22,23,24,25). The summed E-state index contributed by atoms with van der Waals surface area (Å²) in [7, 11) is 1.57. The number of aryl methyl sites for hydroxylation is 1. The van der Waals surface area contributed by atoms with Gasteiger partial charge in [-0.25, -0.2) is 9.97 Å². The van der Waals surface area contributed by atoms with Crippen LogP contribution >= 0.6 is 0 Å². The van der Waals surface area contributed by atoms with Gasteiger partial charge in [-0.1, -0.05) is 30.3 Å². The van der Waals surface area contributed by atoms with Gasteiger partial charge in [0, 0.05) is 22.7 Å². The molecule has 7 heteroatoms. The topological polar surface area (TPSA) is 96.0 Å². The maximum Gasteiger partial charge on any atom is 0.164 e. The second kappa shape index (κ2) is 7.05. The minimum absolute atomic E-state index is 0.285. The molecule has 0 spiro atoms. The summed E-state index contributed by atoms with van der Waals surface area (Å²) in [5.41, 5.74) is 2.27. The lowest BCUT2D eigenvalue weighted by Gasteiger charge is -2.15. The Labute approximate surface area is 156 Å². The molecule has 0 amide bonds. The second-order valence-electron chi connectivity index (χ2n) is 6.15. The molecule has 136 valence electrons. The zero-order chi connectivity index (χ0) is 18.8. The number of aromatic nitrogens is 4. The van der Waals surface area contributed by atoms with Crippen molar-refractivity contribution in [2.45, 2.75) is 13.0 Å². The highest BCUT2D eigenvalue weighted by Crippen LogP contribution is 2.31. The molecule has 2 heterocycles. The molecule has 0 radical (unpaired) electrons. The smallest absolute Gasteiger partial charge is 0.164 e. The fraction of sp³-hybridized carbons (Fsp3) is 0.150. The molecule has 3 N–H and O–H groups in total. The van der Waals surface area contributed by atoms with Gasteiger partial charge in [-0.15, -0.1) is 0 Å². The molecule has 0 fully saturated rings. The van der Waals surface area contributed by atoms with Gasteiger partial charge in [-0.3, -0.25) is 5.10 Å². The zero-order valence-electron chi connectivity index (χ0n) is 15.0. The number of anilines is 2. The fourth-order valence-corrected chi connectivity index (χ4v) is 2.95. The van der Waals surface area contributed by atoms with Gasteiger partial charge in [-0.2, -0.15) is 5.10 Å². The first-order valence-electron chi connectivity index (χ1n) is 8.52. The monoisotopic (exact) mass is 361 g/mol. The van der Waals surface area contributed by atoms with Crippen LogP contribution in [0, 0.1) is 6.92 Å². The van der Waals surface area contributed by atoms with Crippen LogP contribution in [0.1, 0.15) is 23.2 Å². The molecule has 0 bridgehead atoms. The number of nitrogens with one attached hydrogen (secondary N) is 2. The number of aliphatic hydroxyl groups excluding tert-OH is 1. The number of benzene rings is 2. The molecule has 1 unspecified atom stereocenters. The number of aliphatic hydroxyl groups is 1. The third kappa shape index (κ3) is 3.32. The van der Waals surface area contributed by atoms with Gasteiger partial charge in [0.05, 0.1) is 12.6 Å². The predicted molar refractivity (Wildman–Crippen MR) is 103 cm³/mol. The molecule has 0 aliphatic rings. The molecule has 0 aliphatic heterocycles. The van der Waals surface area contributed by atoms with E-state index in [1.165, 1.54) is 0 Å². The maximum atomic E-state index is 10.9. The molecule has 4 aromatic rings. The number of aromatic amines is 1. The maximum absolute atomic E-state index is 10.9. The molecule has 2 aromatic heterocycles. The van der Waals surface area contributed by atoms with Gasteiger partial charge in [0.2, 0.25) is 0 Å². The molecule has 1 atom stereocenters. The van der Waals surface area contributed by atoms with E-state index in [1.807, 2.05) is 49.4 Å². The summed E-state index contributed by atoms with van der Waals surface area (Å²) in [5, 5.41) is 22.0. The summed E-state index contributed by atoms with van der Waals surface area (Å²) in [4.78, 5) is 9.13. The van der Waals surface area contributed by atoms with Crippen LogP contribution in [0.5, 0.6) is 5.75 Å². The van der Waals surface area contributed by atoms with Gasteiger partial charge >= 0.3 is 0 Å². The van der Waals surface area contributed by atoms with Crippen molar-refractivity contribution in [3.8, 4) is 5.75 Å². The Hall–Kier alpha value is -3.45. The number of para-hydroxylation sites is 2. The fourth-order valence-electron chi connectivity index (χ4n) is 2.95. The summed E-state index contributed by atoms with van der Waals surface area (Å²) in [6.45, 7) is 1.92. The Kier molecular flexibility index (Phi) is 4.43. The van der Waals surface area contributed by atoms with Crippen molar-refractivity contribution >= 4 is 22.5 Å². The lowest BCUT2D eigenvalue weighted by Crippen LogP contribution is -2.09. The Morgan fingerprint density at radius 1 is 1.07 bits per heavy atom. The highest BCUT2D eigenvalue weighted by Gasteiger charge is 2.20. The molecule has 0 saturated heterocycles. The number of ether oxygens (including phenoxy) is 1. The first-order valence-corrected chi connectivity index (χ1v) is 8.52. The number of fused-ring (bicyclic) bond motifs is 1. The van der Waals surface area contributed by atoms with Gasteiger partial charge in [0.1, 0.15) is 17.7 Å². The molecular formula is C20H19N5O2. The largest absolute Gasteiger partial charge is 0.496 e. The van der Waals surface area contributed by atoms with Gasteiger partial charge in [0.15, 0.2) is 11.6 Å². The van der Waals surface area contributed by atoms with Crippen molar-refractivity contribution in [1.82, 2.24) is 20.2 Å². The first kappa shape index (κ1) is 17.0. The van der Waals surface area contributed by atoms with Crippen molar-refractivity contribution in [2.75, 3.05) is 12.4 Å². The van der Waals surface area contributed by atoms with Crippen molar-refractivity contribution in [1.29, 1.82) is 0 Å². The number of H-pyrrole nitrogens is 1. The Bertz CT molecular complexity index is 1090. The Morgan fingerprint density at radius 3 is 2.63 bits per heavy atom. The van der Waals surface area contributed by atoms with E-state index >= 15 is 0 Å². The lowest BCUT2D eigenvalue weighted by molar-refractivity contribution is 0.205. The van der Waals surface area contributed by atoms with Crippen LogP contribution in [0.15, 0.2) is 54.6 Å². The molecule has 2 aromatic carbocycles. The van der Waals surface area contributed by atoms with E-state index in [1.54, 1.807) is 19.2 Å². The van der Waals surface area contributed by atoms with Gasteiger partial charge in [0.25, 0.3) is 0 Å². The van der Waals surface area contributed by atoms with E-state index in [4.69, 9.17) is 4.74 Å². The Balaban J connectivity index is 1.81. The molecule has 27 heavy (non-hydrogen) atoms. The van der Waals surface area contributed by atoms with E-state index < -0.39 is 6.10 Å². The third-order valence-corrected chi connectivity index (χ3v) is 4.25. The van der Waals surface area contributed by atoms with Crippen molar-refractivity contribution in [3.63, 3.8) is 0 Å². The van der Waals surface area contributed by atoms with Crippen molar-refractivity contribution < 1.29 is 9.84 Å². The van der Waals surface area contributed by atoms with Crippen molar-refractivity contribution in [2.24, 2.45) is 0 Å². The number of methoxy groups -OCH3 is 1. The SMILES string of the molecule is COc1ccccc1C(O)c1nc(Nc2cc(C)[nH]n2)c2ccccc2n1. The first-order chi connectivity index (χ1) is 13.2. The zero-order valence-corrected chi connectivity index (χ0v) is 15.0.